The lowest BCUT2D eigenvalue weighted by atomic mass is 10.2. The predicted octanol–water partition coefficient (Wildman–Crippen LogP) is 2.39. The minimum absolute atomic E-state index is 0.168. The Hall–Kier alpha value is -1.08. The molecule has 3 nitrogen and oxygen atoms in total. The molecule has 0 amide bonds. The fourth-order valence-corrected chi connectivity index (χ4v) is 2.28. The Labute approximate surface area is 97.7 Å². The van der Waals surface area contributed by atoms with Crippen molar-refractivity contribution in [2.24, 2.45) is 0 Å². The van der Waals surface area contributed by atoms with E-state index in [1.807, 2.05) is 0 Å². The highest BCUT2D eigenvalue weighted by Crippen LogP contribution is 2.29. The van der Waals surface area contributed by atoms with Crippen molar-refractivity contribution in [2.45, 2.75) is 24.4 Å². The summed E-state index contributed by atoms with van der Waals surface area (Å²) in [5.74, 6) is 0. The van der Waals surface area contributed by atoms with Gasteiger partial charge in [0.15, 0.2) is 0 Å². The Bertz CT molecular complexity index is 465. The van der Waals surface area contributed by atoms with Crippen molar-refractivity contribution < 1.29 is 21.6 Å². The van der Waals surface area contributed by atoms with Gasteiger partial charge in [0.1, 0.15) is 0 Å². The molecule has 7 heteroatoms. The third-order valence-corrected chi connectivity index (χ3v) is 3.51. The van der Waals surface area contributed by atoms with E-state index in [4.69, 9.17) is 0 Å². The van der Waals surface area contributed by atoms with Gasteiger partial charge < -0.3 is 0 Å². The van der Waals surface area contributed by atoms with Crippen molar-refractivity contribution in [1.29, 1.82) is 0 Å². The summed E-state index contributed by atoms with van der Waals surface area (Å²) in [5.41, 5.74) is -0.869. The van der Waals surface area contributed by atoms with Gasteiger partial charge >= 0.3 is 6.18 Å². The van der Waals surface area contributed by atoms with E-state index in [1.54, 1.807) is 6.92 Å². The Morgan fingerprint density at radius 1 is 1.18 bits per heavy atom. The van der Waals surface area contributed by atoms with Crippen LogP contribution in [0.3, 0.4) is 0 Å². The molecule has 0 fully saturated rings. The zero-order valence-corrected chi connectivity index (χ0v) is 9.90. The molecule has 17 heavy (non-hydrogen) atoms. The van der Waals surface area contributed by atoms with Crippen molar-refractivity contribution >= 4 is 10.0 Å². The summed E-state index contributed by atoms with van der Waals surface area (Å²) in [4.78, 5) is -0.168. The van der Waals surface area contributed by atoms with Gasteiger partial charge in [0.2, 0.25) is 10.0 Å². The molecule has 0 saturated carbocycles. The molecule has 1 N–H and O–H groups in total. The molecule has 0 aliphatic rings. The number of rotatable bonds is 4. The first-order valence-corrected chi connectivity index (χ1v) is 6.42. The highest BCUT2D eigenvalue weighted by atomic mass is 32.2. The van der Waals surface area contributed by atoms with Crippen LogP contribution in [0.5, 0.6) is 0 Å². The Morgan fingerprint density at radius 2 is 1.71 bits per heavy atom. The Kier molecular flexibility index (Phi) is 4.16. The summed E-state index contributed by atoms with van der Waals surface area (Å²) < 4.78 is 62.2. The summed E-state index contributed by atoms with van der Waals surface area (Å²) in [5, 5.41) is 0. The largest absolute Gasteiger partial charge is 0.416 e. The van der Waals surface area contributed by atoms with E-state index in [-0.39, 0.29) is 11.4 Å². The van der Waals surface area contributed by atoms with Crippen LogP contribution in [0.2, 0.25) is 0 Å². The quantitative estimate of drug-likeness (QED) is 0.910. The van der Waals surface area contributed by atoms with Crippen LogP contribution in [0.1, 0.15) is 18.9 Å². The van der Waals surface area contributed by atoms with Crippen LogP contribution in [0, 0.1) is 0 Å². The lowest BCUT2D eigenvalue weighted by Gasteiger charge is -2.08. The molecule has 0 aliphatic carbocycles. The third kappa shape index (κ3) is 3.71. The minimum atomic E-state index is -4.46. The highest BCUT2D eigenvalue weighted by molar-refractivity contribution is 7.89. The number of hydrogen-bond donors (Lipinski definition) is 1. The summed E-state index contributed by atoms with van der Waals surface area (Å²) in [6.07, 6.45) is -3.85. The van der Waals surface area contributed by atoms with Crippen LogP contribution in [0.4, 0.5) is 13.2 Å². The van der Waals surface area contributed by atoms with E-state index in [0.29, 0.717) is 6.42 Å². The zero-order valence-electron chi connectivity index (χ0n) is 9.08. The lowest BCUT2D eigenvalue weighted by molar-refractivity contribution is -0.137. The van der Waals surface area contributed by atoms with Gasteiger partial charge in [0.05, 0.1) is 10.5 Å². The second-order valence-corrected chi connectivity index (χ2v) is 5.19. The zero-order chi connectivity index (χ0) is 13.1. The van der Waals surface area contributed by atoms with Crippen LogP contribution in [-0.2, 0) is 16.2 Å². The Morgan fingerprint density at radius 3 is 2.12 bits per heavy atom. The van der Waals surface area contributed by atoms with Gasteiger partial charge in [-0.05, 0) is 30.7 Å². The normalized spacial score (nSPS) is 12.7. The van der Waals surface area contributed by atoms with Gasteiger partial charge in [0.25, 0.3) is 0 Å². The highest BCUT2D eigenvalue weighted by Gasteiger charge is 2.30. The second-order valence-electron chi connectivity index (χ2n) is 3.42. The van der Waals surface area contributed by atoms with E-state index in [0.717, 1.165) is 24.3 Å². The number of halogens is 3. The van der Waals surface area contributed by atoms with Crippen LogP contribution < -0.4 is 4.72 Å². The Balaban J connectivity index is 2.95. The van der Waals surface area contributed by atoms with Crippen LogP contribution >= 0.6 is 0 Å². The summed E-state index contributed by atoms with van der Waals surface area (Å²) in [6, 6.07) is 3.39. The molecule has 1 aromatic carbocycles. The molecular formula is C10H12F3NO2S. The number of alkyl halides is 3. The number of sulfonamides is 1. The molecule has 0 radical (unpaired) electrons. The minimum Gasteiger partial charge on any atom is -0.211 e. The molecule has 0 aliphatic heterocycles. The molecule has 96 valence electrons. The standard InChI is InChI=1S/C10H12F3NO2S/c1-2-7-14-17(15,16)9-5-3-8(4-6-9)10(11,12)13/h3-6,14H,2,7H2,1H3. The maximum absolute atomic E-state index is 12.3. The van der Waals surface area contributed by atoms with Crippen molar-refractivity contribution in [3.63, 3.8) is 0 Å². The molecule has 0 saturated heterocycles. The second kappa shape index (κ2) is 5.05. The average Bonchev–Trinajstić information content (AvgIpc) is 2.25. The molecule has 0 atom stereocenters. The fraction of sp³-hybridized carbons (Fsp3) is 0.400. The summed E-state index contributed by atoms with van der Waals surface area (Å²) >= 11 is 0. The molecule has 0 heterocycles. The van der Waals surface area contributed by atoms with Crippen LogP contribution in [-0.4, -0.2) is 15.0 Å². The number of nitrogens with one attached hydrogen (secondary N) is 1. The first kappa shape index (κ1) is 14.0. The molecule has 0 unspecified atom stereocenters. The summed E-state index contributed by atoms with van der Waals surface area (Å²) in [7, 11) is -3.70. The number of hydrogen-bond acceptors (Lipinski definition) is 2. The molecule has 1 rings (SSSR count). The third-order valence-electron chi connectivity index (χ3n) is 2.03. The summed E-state index contributed by atoms with van der Waals surface area (Å²) in [6.45, 7) is 2.04. The van der Waals surface area contributed by atoms with E-state index in [1.165, 1.54) is 0 Å². The van der Waals surface area contributed by atoms with E-state index >= 15 is 0 Å². The molecule has 1 aromatic rings. The molecular weight excluding hydrogens is 255 g/mol. The van der Waals surface area contributed by atoms with Gasteiger partial charge in [-0.25, -0.2) is 13.1 Å². The lowest BCUT2D eigenvalue weighted by Crippen LogP contribution is -2.24. The van der Waals surface area contributed by atoms with Crippen molar-refractivity contribution in [1.82, 2.24) is 4.72 Å². The van der Waals surface area contributed by atoms with Crippen molar-refractivity contribution in [3.05, 3.63) is 29.8 Å². The SMILES string of the molecule is CCCNS(=O)(=O)c1ccc(C(F)(F)F)cc1. The van der Waals surface area contributed by atoms with Gasteiger partial charge in [-0.3, -0.25) is 0 Å². The topological polar surface area (TPSA) is 46.2 Å². The maximum Gasteiger partial charge on any atom is 0.416 e. The fourth-order valence-electron chi connectivity index (χ4n) is 1.14. The van der Waals surface area contributed by atoms with Gasteiger partial charge in [-0.15, -0.1) is 0 Å². The van der Waals surface area contributed by atoms with E-state index in [2.05, 4.69) is 4.72 Å². The smallest absolute Gasteiger partial charge is 0.211 e. The van der Waals surface area contributed by atoms with Crippen LogP contribution in [0.25, 0.3) is 0 Å². The van der Waals surface area contributed by atoms with Crippen molar-refractivity contribution in [2.75, 3.05) is 6.54 Å². The number of benzene rings is 1. The van der Waals surface area contributed by atoms with Gasteiger partial charge in [-0.2, -0.15) is 13.2 Å². The molecule has 0 aromatic heterocycles. The van der Waals surface area contributed by atoms with Crippen LogP contribution in [0.15, 0.2) is 29.2 Å². The maximum atomic E-state index is 12.3. The monoisotopic (exact) mass is 267 g/mol. The average molecular weight is 267 g/mol. The first-order chi connectivity index (χ1) is 7.77. The van der Waals surface area contributed by atoms with Crippen molar-refractivity contribution in [3.8, 4) is 0 Å². The molecule has 0 spiro atoms. The first-order valence-electron chi connectivity index (χ1n) is 4.94. The molecule has 0 bridgehead atoms. The van der Waals surface area contributed by atoms with E-state index < -0.39 is 21.8 Å². The van der Waals surface area contributed by atoms with Gasteiger partial charge in [0, 0.05) is 6.54 Å². The predicted molar refractivity (Wildman–Crippen MR) is 56.9 cm³/mol. The van der Waals surface area contributed by atoms with E-state index in [9.17, 15) is 21.6 Å². The van der Waals surface area contributed by atoms with Gasteiger partial charge in [-0.1, -0.05) is 6.92 Å².